The number of amides is 2. The van der Waals surface area contributed by atoms with Crippen LogP contribution in [0.5, 0.6) is 0 Å². The summed E-state index contributed by atoms with van der Waals surface area (Å²) >= 11 is 0. The van der Waals surface area contributed by atoms with Crippen molar-refractivity contribution in [3.8, 4) is 0 Å². The number of ether oxygens (including phenoxy) is 1. The standard InChI is InChI=1S/C20H29FN2O3/c1-15(2)8-13-26-16(3)20(25)23-11-9-22(10-12-23)19(24)14-17-4-6-18(21)7-5-17/h4-7,15-16H,8-14H2,1-3H3. The van der Waals surface area contributed by atoms with Crippen molar-refractivity contribution in [3.63, 3.8) is 0 Å². The summed E-state index contributed by atoms with van der Waals surface area (Å²) in [6.07, 6.45) is 0.738. The molecule has 0 bridgehead atoms. The summed E-state index contributed by atoms with van der Waals surface area (Å²) in [5.74, 6) is 0.232. The van der Waals surface area contributed by atoms with Crippen LogP contribution in [0, 0.1) is 11.7 Å². The van der Waals surface area contributed by atoms with Crippen molar-refractivity contribution in [2.45, 2.75) is 39.7 Å². The van der Waals surface area contributed by atoms with Crippen LogP contribution in [0.15, 0.2) is 24.3 Å². The third-order valence-electron chi connectivity index (χ3n) is 4.62. The van der Waals surface area contributed by atoms with E-state index >= 15 is 0 Å². The van der Waals surface area contributed by atoms with Gasteiger partial charge in [-0.3, -0.25) is 9.59 Å². The van der Waals surface area contributed by atoms with Gasteiger partial charge in [0.1, 0.15) is 11.9 Å². The van der Waals surface area contributed by atoms with Crippen LogP contribution < -0.4 is 0 Å². The SMILES string of the molecule is CC(C)CCOC(C)C(=O)N1CCN(C(=O)Cc2ccc(F)cc2)CC1. The second-order valence-corrected chi connectivity index (χ2v) is 7.20. The van der Waals surface area contributed by atoms with Crippen LogP contribution in [0.3, 0.4) is 0 Å². The van der Waals surface area contributed by atoms with Gasteiger partial charge in [0.25, 0.3) is 5.91 Å². The molecular weight excluding hydrogens is 335 g/mol. The number of hydrogen-bond donors (Lipinski definition) is 0. The molecule has 0 aromatic heterocycles. The maximum atomic E-state index is 12.9. The summed E-state index contributed by atoms with van der Waals surface area (Å²) < 4.78 is 18.6. The Hall–Kier alpha value is -1.95. The highest BCUT2D eigenvalue weighted by atomic mass is 19.1. The first kappa shape index (κ1) is 20.4. The molecule has 1 atom stereocenters. The van der Waals surface area contributed by atoms with Gasteiger partial charge in [0.15, 0.2) is 0 Å². The molecule has 1 aliphatic heterocycles. The first-order valence-corrected chi connectivity index (χ1v) is 9.29. The Kier molecular flexibility index (Phi) is 7.57. The lowest BCUT2D eigenvalue weighted by Gasteiger charge is -2.36. The maximum absolute atomic E-state index is 12.9. The number of rotatable bonds is 7. The van der Waals surface area contributed by atoms with E-state index in [-0.39, 0.29) is 24.1 Å². The Morgan fingerprint density at radius 2 is 1.62 bits per heavy atom. The Bertz CT molecular complexity index is 596. The molecule has 1 aromatic carbocycles. The highest BCUT2D eigenvalue weighted by Crippen LogP contribution is 2.10. The molecule has 2 rings (SSSR count). The number of benzene rings is 1. The van der Waals surface area contributed by atoms with Gasteiger partial charge in [0.05, 0.1) is 6.42 Å². The summed E-state index contributed by atoms with van der Waals surface area (Å²) in [6.45, 7) is 8.69. The van der Waals surface area contributed by atoms with E-state index in [1.807, 2.05) is 0 Å². The van der Waals surface area contributed by atoms with E-state index in [1.165, 1.54) is 12.1 Å². The van der Waals surface area contributed by atoms with E-state index < -0.39 is 6.10 Å². The van der Waals surface area contributed by atoms with Crippen molar-refractivity contribution in [2.24, 2.45) is 5.92 Å². The summed E-state index contributed by atoms with van der Waals surface area (Å²) in [6, 6.07) is 5.98. The third kappa shape index (κ3) is 6.09. The van der Waals surface area contributed by atoms with E-state index in [0.29, 0.717) is 38.7 Å². The maximum Gasteiger partial charge on any atom is 0.251 e. The minimum absolute atomic E-state index is 0.00457. The zero-order chi connectivity index (χ0) is 19.1. The normalized spacial score (nSPS) is 16.0. The van der Waals surface area contributed by atoms with Crippen LogP contribution in [0.25, 0.3) is 0 Å². The van der Waals surface area contributed by atoms with E-state index in [1.54, 1.807) is 28.9 Å². The minimum Gasteiger partial charge on any atom is -0.369 e. The van der Waals surface area contributed by atoms with E-state index in [0.717, 1.165) is 12.0 Å². The van der Waals surface area contributed by atoms with Gasteiger partial charge in [-0.2, -0.15) is 0 Å². The molecule has 1 fully saturated rings. The van der Waals surface area contributed by atoms with Crippen molar-refractivity contribution in [3.05, 3.63) is 35.6 Å². The molecule has 0 radical (unpaired) electrons. The Balaban J connectivity index is 1.76. The number of nitrogens with zero attached hydrogens (tertiary/aromatic N) is 2. The predicted octanol–water partition coefficient (Wildman–Crippen LogP) is 2.49. The van der Waals surface area contributed by atoms with Gasteiger partial charge in [0, 0.05) is 32.8 Å². The van der Waals surface area contributed by atoms with Crippen molar-refractivity contribution >= 4 is 11.8 Å². The molecule has 1 heterocycles. The molecule has 1 unspecified atom stereocenters. The largest absolute Gasteiger partial charge is 0.369 e. The highest BCUT2D eigenvalue weighted by Gasteiger charge is 2.27. The van der Waals surface area contributed by atoms with Gasteiger partial charge in [-0.25, -0.2) is 4.39 Å². The lowest BCUT2D eigenvalue weighted by Crippen LogP contribution is -2.53. The number of piperazine rings is 1. The second-order valence-electron chi connectivity index (χ2n) is 7.20. The summed E-state index contributed by atoms with van der Waals surface area (Å²) in [5, 5.41) is 0. The molecule has 1 saturated heterocycles. The molecule has 1 aliphatic rings. The van der Waals surface area contributed by atoms with Gasteiger partial charge < -0.3 is 14.5 Å². The van der Waals surface area contributed by atoms with E-state index in [9.17, 15) is 14.0 Å². The molecular formula is C20H29FN2O3. The molecule has 0 spiro atoms. The third-order valence-corrected chi connectivity index (χ3v) is 4.62. The lowest BCUT2D eigenvalue weighted by atomic mass is 10.1. The minimum atomic E-state index is -0.449. The molecule has 144 valence electrons. The summed E-state index contributed by atoms with van der Waals surface area (Å²) in [7, 11) is 0. The predicted molar refractivity (Wildman–Crippen MR) is 98.1 cm³/mol. The monoisotopic (exact) mass is 364 g/mol. The summed E-state index contributed by atoms with van der Waals surface area (Å²) in [4.78, 5) is 28.3. The topological polar surface area (TPSA) is 49.9 Å². The first-order valence-electron chi connectivity index (χ1n) is 9.29. The smallest absolute Gasteiger partial charge is 0.251 e. The molecule has 5 nitrogen and oxygen atoms in total. The van der Waals surface area contributed by atoms with E-state index in [4.69, 9.17) is 4.74 Å². The van der Waals surface area contributed by atoms with Crippen LogP contribution in [0.4, 0.5) is 4.39 Å². The number of hydrogen-bond acceptors (Lipinski definition) is 3. The summed E-state index contributed by atoms with van der Waals surface area (Å²) in [5.41, 5.74) is 0.794. The van der Waals surface area contributed by atoms with Crippen LogP contribution in [-0.4, -0.2) is 60.5 Å². The Morgan fingerprint density at radius 3 is 2.19 bits per heavy atom. The molecule has 26 heavy (non-hydrogen) atoms. The fourth-order valence-electron chi connectivity index (χ4n) is 2.87. The fraction of sp³-hybridized carbons (Fsp3) is 0.600. The molecule has 0 N–H and O–H groups in total. The van der Waals surface area contributed by atoms with Crippen molar-refractivity contribution in [1.29, 1.82) is 0 Å². The second kappa shape index (κ2) is 9.67. The molecule has 1 aromatic rings. The van der Waals surface area contributed by atoms with Crippen LogP contribution in [0.2, 0.25) is 0 Å². The average molecular weight is 364 g/mol. The van der Waals surface area contributed by atoms with Crippen molar-refractivity contribution in [1.82, 2.24) is 9.80 Å². The quantitative estimate of drug-likeness (QED) is 0.747. The molecule has 6 heteroatoms. The zero-order valence-electron chi connectivity index (χ0n) is 15.9. The molecule has 2 amide bonds. The lowest BCUT2D eigenvalue weighted by molar-refractivity contribution is -0.147. The average Bonchev–Trinajstić information content (AvgIpc) is 2.62. The fourth-order valence-corrected chi connectivity index (χ4v) is 2.87. The number of carbonyl (C=O) groups is 2. The number of halogens is 1. The Morgan fingerprint density at radius 1 is 1.04 bits per heavy atom. The van der Waals surface area contributed by atoms with Gasteiger partial charge in [-0.05, 0) is 37.0 Å². The van der Waals surface area contributed by atoms with Crippen LogP contribution >= 0.6 is 0 Å². The molecule has 0 saturated carbocycles. The zero-order valence-corrected chi connectivity index (χ0v) is 15.9. The van der Waals surface area contributed by atoms with Crippen molar-refractivity contribution < 1.29 is 18.7 Å². The van der Waals surface area contributed by atoms with Gasteiger partial charge in [-0.1, -0.05) is 26.0 Å². The van der Waals surface area contributed by atoms with Crippen LogP contribution in [0.1, 0.15) is 32.8 Å². The first-order chi connectivity index (χ1) is 12.4. The highest BCUT2D eigenvalue weighted by molar-refractivity contribution is 5.82. The van der Waals surface area contributed by atoms with Gasteiger partial charge in [-0.15, -0.1) is 0 Å². The molecule has 0 aliphatic carbocycles. The number of carbonyl (C=O) groups excluding carboxylic acids is 2. The van der Waals surface area contributed by atoms with Gasteiger partial charge >= 0.3 is 0 Å². The Labute approximate surface area is 155 Å². The van der Waals surface area contributed by atoms with Gasteiger partial charge in [0.2, 0.25) is 5.91 Å². The van der Waals surface area contributed by atoms with Crippen molar-refractivity contribution in [2.75, 3.05) is 32.8 Å². The van der Waals surface area contributed by atoms with E-state index in [2.05, 4.69) is 13.8 Å². The van der Waals surface area contributed by atoms with Crippen LogP contribution in [-0.2, 0) is 20.7 Å².